The van der Waals surface area contributed by atoms with Crippen LogP contribution in [-0.4, -0.2) is 50.5 Å². The third-order valence-electron chi connectivity index (χ3n) is 4.39. The highest BCUT2D eigenvalue weighted by Gasteiger charge is 2.38. The first-order valence-electron chi connectivity index (χ1n) is 9.58. The van der Waals surface area contributed by atoms with Crippen LogP contribution in [-0.2, 0) is 19.1 Å². The molecule has 0 unspecified atom stereocenters. The van der Waals surface area contributed by atoms with Crippen LogP contribution in [0.3, 0.4) is 0 Å². The van der Waals surface area contributed by atoms with E-state index in [-0.39, 0.29) is 15.8 Å². The van der Waals surface area contributed by atoms with Crippen LogP contribution in [0.5, 0.6) is 11.5 Å². The number of benzene rings is 2. The van der Waals surface area contributed by atoms with Gasteiger partial charge in [-0.3, -0.25) is 4.79 Å². The first kappa shape index (κ1) is 33.3. The average Bonchev–Trinajstić information content (AvgIpc) is 2.80. The number of carboxylic acid groups (broad SMARTS) is 1. The maximum atomic E-state index is 12.8. The summed E-state index contributed by atoms with van der Waals surface area (Å²) >= 11 is 16.5. The number of carboxylic acids is 1. The lowest BCUT2D eigenvalue weighted by Crippen LogP contribution is -2.40. The molecule has 2 rings (SSSR count). The Balaban J connectivity index is 0.000000856. The molecule has 0 radical (unpaired) electrons. The van der Waals surface area contributed by atoms with Gasteiger partial charge in [-0.15, -0.1) is 0 Å². The van der Waals surface area contributed by atoms with E-state index in [4.69, 9.17) is 53.0 Å². The normalized spacial score (nSPS) is 12.4. The largest absolute Gasteiger partial charge is 0.495 e. The van der Waals surface area contributed by atoms with Gasteiger partial charge in [-0.1, -0.05) is 23.2 Å². The van der Waals surface area contributed by atoms with Crippen molar-refractivity contribution in [2.45, 2.75) is 18.3 Å². The number of hydrogen-bond acceptors (Lipinski definition) is 7. The van der Waals surface area contributed by atoms with E-state index in [1.807, 2.05) is 0 Å². The van der Waals surface area contributed by atoms with Gasteiger partial charge in [-0.25, -0.2) is 9.59 Å². The summed E-state index contributed by atoms with van der Waals surface area (Å²) in [6, 6.07) is 4.25. The number of hydrogen-bond donors (Lipinski definition) is 3. The van der Waals surface area contributed by atoms with Gasteiger partial charge in [-0.05, 0) is 80.6 Å². The van der Waals surface area contributed by atoms with Crippen LogP contribution in [0.25, 0.3) is 0 Å². The number of nitrogens with one attached hydrogen (secondary N) is 1. The summed E-state index contributed by atoms with van der Waals surface area (Å²) in [6.07, 6.45) is -5.08. The van der Waals surface area contributed by atoms with Gasteiger partial charge in [0.15, 0.2) is 11.8 Å². The Hall–Kier alpha value is -1.76. The summed E-state index contributed by atoms with van der Waals surface area (Å²) in [6.45, 7) is 0. The Morgan fingerprint density at radius 3 is 1.73 bits per heavy atom. The third kappa shape index (κ3) is 9.19. The SMILES string of the molecule is COC(=O)[C@H](NC(=O)[C@H](N)c1cc(Cl)c(OC)c(Cl)c1)c1cc(I)c(OC)c(I)c1.O=C(O)C(F)(F)F. The average molecular weight is 793 g/mol. The molecule has 4 N–H and O–H groups in total. The molecule has 2 aromatic rings. The van der Waals surface area contributed by atoms with E-state index >= 15 is 0 Å². The second kappa shape index (κ2) is 14.4. The minimum atomic E-state index is -5.08. The summed E-state index contributed by atoms with van der Waals surface area (Å²) in [7, 11) is 4.23. The summed E-state index contributed by atoms with van der Waals surface area (Å²) < 4.78 is 48.6. The van der Waals surface area contributed by atoms with Crippen molar-refractivity contribution >= 4 is 86.2 Å². The molecule has 0 aliphatic carbocycles. The van der Waals surface area contributed by atoms with Gasteiger partial charge in [0.2, 0.25) is 5.91 Å². The van der Waals surface area contributed by atoms with Crippen molar-refractivity contribution in [3.8, 4) is 11.5 Å². The molecule has 0 aliphatic rings. The lowest BCUT2D eigenvalue weighted by atomic mass is 10.0. The number of carbonyl (C=O) groups excluding carboxylic acids is 2. The molecule has 0 fully saturated rings. The van der Waals surface area contributed by atoms with Crippen LogP contribution in [0, 0.1) is 7.14 Å². The van der Waals surface area contributed by atoms with Crippen LogP contribution >= 0.6 is 68.4 Å². The topological polar surface area (TPSA) is 137 Å². The fourth-order valence-corrected chi connectivity index (χ4v) is 5.59. The van der Waals surface area contributed by atoms with Crippen LogP contribution in [0.2, 0.25) is 10.0 Å². The standard InChI is InChI=1S/C19H18Cl2I2N2O5.C2HF3O2/c1-28-16-10(20)4-8(5-11(16)21)14(24)18(26)25-15(19(27)30-3)9-6-12(22)17(29-2)13(23)7-9;3-2(4,5)1(6)7/h4-7,14-15H,24H2,1-3H3,(H,25,26);(H,6,7)/t14-,15-;/m1./s1. The fourth-order valence-electron chi connectivity index (χ4n) is 2.67. The predicted octanol–water partition coefficient (Wildman–Crippen LogP) is 4.88. The summed E-state index contributed by atoms with van der Waals surface area (Å²) in [4.78, 5) is 34.1. The van der Waals surface area contributed by atoms with E-state index in [0.717, 1.165) is 7.14 Å². The van der Waals surface area contributed by atoms with Gasteiger partial charge in [0.1, 0.15) is 11.8 Å². The minimum absolute atomic E-state index is 0.215. The van der Waals surface area contributed by atoms with Crippen LogP contribution < -0.4 is 20.5 Å². The number of alkyl halides is 3. The monoisotopic (exact) mass is 792 g/mol. The van der Waals surface area contributed by atoms with Crippen molar-refractivity contribution in [1.82, 2.24) is 5.32 Å². The minimum Gasteiger partial charge on any atom is -0.495 e. The number of aliphatic carboxylic acids is 1. The summed E-state index contributed by atoms with van der Waals surface area (Å²) in [5.41, 5.74) is 6.99. The molecule has 0 spiro atoms. The zero-order chi connectivity index (χ0) is 28.7. The van der Waals surface area contributed by atoms with Crippen molar-refractivity contribution in [2.24, 2.45) is 5.73 Å². The Morgan fingerprint density at radius 2 is 1.38 bits per heavy atom. The van der Waals surface area contributed by atoms with Gasteiger partial charge >= 0.3 is 18.1 Å². The van der Waals surface area contributed by atoms with Crippen molar-refractivity contribution in [3.63, 3.8) is 0 Å². The molecule has 1 amide bonds. The maximum Gasteiger partial charge on any atom is 0.490 e. The highest BCUT2D eigenvalue weighted by molar-refractivity contribution is 14.1. The number of amides is 1. The van der Waals surface area contributed by atoms with Crippen LogP contribution in [0.15, 0.2) is 24.3 Å². The molecule has 2 atom stereocenters. The van der Waals surface area contributed by atoms with Gasteiger partial charge in [-0.2, -0.15) is 13.2 Å². The molecular formula is C21H19Cl2F3I2N2O7. The Morgan fingerprint density at radius 1 is 0.946 bits per heavy atom. The zero-order valence-electron chi connectivity index (χ0n) is 19.1. The summed E-state index contributed by atoms with van der Waals surface area (Å²) in [5, 5.41) is 10.2. The highest BCUT2D eigenvalue weighted by atomic mass is 127. The number of rotatable bonds is 7. The Kier molecular flexibility index (Phi) is 13.0. The fraction of sp³-hybridized carbons (Fsp3) is 0.286. The molecule has 0 saturated carbocycles. The van der Waals surface area contributed by atoms with E-state index in [1.165, 1.54) is 26.4 Å². The number of nitrogens with two attached hydrogens (primary N) is 1. The van der Waals surface area contributed by atoms with Crippen molar-refractivity contribution in [1.29, 1.82) is 0 Å². The smallest absolute Gasteiger partial charge is 0.490 e. The first-order chi connectivity index (χ1) is 17.1. The second-order valence-electron chi connectivity index (χ2n) is 6.78. The molecule has 16 heteroatoms. The molecule has 204 valence electrons. The van der Waals surface area contributed by atoms with Crippen molar-refractivity contribution < 1.29 is 46.9 Å². The quantitative estimate of drug-likeness (QED) is 0.267. The highest BCUT2D eigenvalue weighted by Crippen LogP contribution is 2.36. The summed E-state index contributed by atoms with van der Waals surface area (Å²) in [5.74, 6) is -3.05. The predicted molar refractivity (Wildman–Crippen MR) is 145 cm³/mol. The molecular weight excluding hydrogens is 774 g/mol. The molecule has 0 heterocycles. The van der Waals surface area contributed by atoms with Crippen LogP contribution in [0.1, 0.15) is 23.2 Å². The molecule has 0 bridgehead atoms. The Bertz CT molecular complexity index is 1120. The number of esters is 1. The molecule has 9 nitrogen and oxygen atoms in total. The molecule has 0 aliphatic heterocycles. The van der Waals surface area contributed by atoms with Crippen molar-refractivity contribution in [3.05, 3.63) is 52.6 Å². The zero-order valence-corrected chi connectivity index (χ0v) is 24.9. The molecule has 0 aromatic heterocycles. The second-order valence-corrected chi connectivity index (χ2v) is 9.92. The number of carbonyl (C=O) groups is 3. The van der Waals surface area contributed by atoms with Gasteiger partial charge in [0, 0.05) is 0 Å². The van der Waals surface area contributed by atoms with Gasteiger partial charge in [0.05, 0.1) is 38.5 Å². The molecule has 2 aromatic carbocycles. The number of methoxy groups -OCH3 is 3. The van der Waals surface area contributed by atoms with Crippen molar-refractivity contribution in [2.75, 3.05) is 21.3 Å². The van der Waals surface area contributed by atoms with E-state index in [1.54, 1.807) is 19.2 Å². The third-order valence-corrected chi connectivity index (χ3v) is 6.55. The number of halogens is 7. The molecule has 0 saturated heterocycles. The van der Waals surface area contributed by atoms with E-state index in [0.29, 0.717) is 16.9 Å². The number of ether oxygens (including phenoxy) is 3. The van der Waals surface area contributed by atoms with E-state index < -0.39 is 36.1 Å². The van der Waals surface area contributed by atoms with E-state index in [2.05, 4.69) is 50.5 Å². The van der Waals surface area contributed by atoms with Gasteiger partial charge in [0.25, 0.3) is 0 Å². The van der Waals surface area contributed by atoms with Gasteiger partial charge < -0.3 is 30.4 Å². The lowest BCUT2D eigenvalue weighted by Gasteiger charge is -2.21. The Labute approximate surface area is 246 Å². The van der Waals surface area contributed by atoms with Crippen LogP contribution in [0.4, 0.5) is 13.2 Å². The maximum absolute atomic E-state index is 12.8. The lowest BCUT2D eigenvalue weighted by molar-refractivity contribution is -0.192. The first-order valence-corrected chi connectivity index (χ1v) is 12.5. The molecule has 37 heavy (non-hydrogen) atoms. The van der Waals surface area contributed by atoms with E-state index in [9.17, 15) is 22.8 Å².